The number of thioether (sulfide) groups is 2. The number of nitrogens with zero attached hydrogens (tertiary/aromatic N) is 1. The van der Waals surface area contributed by atoms with Crippen LogP contribution in [-0.4, -0.2) is 48.1 Å². The largest absolute Gasteiger partial charge is 0.383 e. The van der Waals surface area contributed by atoms with Crippen molar-refractivity contribution in [1.82, 2.24) is 5.32 Å². The van der Waals surface area contributed by atoms with E-state index in [2.05, 4.69) is 10.3 Å². The zero-order chi connectivity index (χ0) is 11.1. The van der Waals surface area contributed by atoms with Crippen molar-refractivity contribution in [2.75, 3.05) is 31.8 Å². The van der Waals surface area contributed by atoms with Gasteiger partial charge < -0.3 is 10.1 Å². The van der Waals surface area contributed by atoms with Crippen molar-refractivity contribution < 1.29 is 9.53 Å². The van der Waals surface area contributed by atoms with E-state index in [1.807, 2.05) is 6.92 Å². The maximum atomic E-state index is 11.4. The van der Waals surface area contributed by atoms with Gasteiger partial charge in [-0.25, -0.2) is 0 Å². The third-order valence-corrected chi connectivity index (χ3v) is 3.96. The molecular weight excluding hydrogens is 232 g/mol. The Morgan fingerprint density at radius 1 is 1.80 bits per heavy atom. The number of hydrogen-bond donors (Lipinski definition) is 1. The molecule has 15 heavy (non-hydrogen) atoms. The van der Waals surface area contributed by atoms with Gasteiger partial charge in [0.1, 0.15) is 4.38 Å². The Bertz CT molecular complexity index is 246. The standard InChI is InChI=1S/C9H16N2O2S2/c1-7(5-13-2)11-8(12)6-15-9-10-3-4-14-9/h7H,3-6H2,1-2H3,(H,11,12)/t7-/m1/s1. The van der Waals surface area contributed by atoms with Crippen LogP contribution < -0.4 is 5.32 Å². The maximum absolute atomic E-state index is 11.4. The average Bonchev–Trinajstić information content (AvgIpc) is 2.67. The van der Waals surface area contributed by atoms with Gasteiger partial charge in [-0.15, -0.1) is 0 Å². The molecule has 1 heterocycles. The number of nitrogens with one attached hydrogen (secondary N) is 1. The highest BCUT2D eigenvalue weighted by Crippen LogP contribution is 2.21. The fourth-order valence-electron chi connectivity index (χ4n) is 1.14. The minimum atomic E-state index is 0.0414. The molecule has 0 unspecified atom stereocenters. The second-order valence-electron chi connectivity index (χ2n) is 3.21. The zero-order valence-corrected chi connectivity index (χ0v) is 10.6. The van der Waals surface area contributed by atoms with Gasteiger partial charge in [0.2, 0.25) is 5.91 Å². The van der Waals surface area contributed by atoms with Crippen LogP contribution in [0.3, 0.4) is 0 Å². The molecule has 0 bridgehead atoms. The van der Waals surface area contributed by atoms with E-state index < -0.39 is 0 Å². The summed E-state index contributed by atoms with van der Waals surface area (Å²) in [6.45, 7) is 3.36. The lowest BCUT2D eigenvalue weighted by Crippen LogP contribution is -2.36. The van der Waals surface area contributed by atoms with E-state index in [0.717, 1.165) is 16.7 Å². The van der Waals surface area contributed by atoms with Crippen LogP contribution in [0.1, 0.15) is 6.92 Å². The molecule has 0 fully saturated rings. The van der Waals surface area contributed by atoms with E-state index in [9.17, 15) is 4.79 Å². The summed E-state index contributed by atoms with van der Waals surface area (Å²) in [4.78, 5) is 15.7. The summed E-state index contributed by atoms with van der Waals surface area (Å²) in [6.07, 6.45) is 0. The van der Waals surface area contributed by atoms with E-state index in [-0.39, 0.29) is 11.9 Å². The van der Waals surface area contributed by atoms with Gasteiger partial charge in [0, 0.05) is 18.9 Å². The molecule has 0 aromatic carbocycles. The molecule has 0 aromatic rings. The topological polar surface area (TPSA) is 50.7 Å². The van der Waals surface area contributed by atoms with E-state index in [0.29, 0.717) is 12.4 Å². The third kappa shape index (κ3) is 5.44. The van der Waals surface area contributed by atoms with Crippen molar-refractivity contribution in [2.45, 2.75) is 13.0 Å². The maximum Gasteiger partial charge on any atom is 0.230 e. The first kappa shape index (κ1) is 12.9. The van der Waals surface area contributed by atoms with E-state index in [1.54, 1.807) is 18.9 Å². The Balaban J connectivity index is 2.12. The van der Waals surface area contributed by atoms with Crippen molar-refractivity contribution in [3.05, 3.63) is 0 Å². The van der Waals surface area contributed by atoms with Crippen LogP contribution in [0.25, 0.3) is 0 Å². The SMILES string of the molecule is COC[C@@H](C)NC(=O)CSC1=NCCS1. The predicted octanol–water partition coefficient (Wildman–Crippen LogP) is 0.973. The Hall–Kier alpha value is -0.200. The molecule has 0 spiro atoms. The molecule has 6 heteroatoms. The molecule has 86 valence electrons. The van der Waals surface area contributed by atoms with Crippen LogP contribution in [0.15, 0.2) is 4.99 Å². The smallest absolute Gasteiger partial charge is 0.230 e. The van der Waals surface area contributed by atoms with Gasteiger partial charge >= 0.3 is 0 Å². The van der Waals surface area contributed by atoms with Gasteiger partial charge in [-0.2, -0.15) is 0 Å². The molecule has 1 atom stereocenters. The molecular formula is C9H16N2O2S2. The molecule has 1 amide bonds. The van der Waals surface area contributed by atoms with Crippen LogP contribution in [0.4, 0.5) is 0 Å². The lowest BCUT2D eigenvalue weighted by molar-refractivity contribution is -0.119. The lowest BCUT2D eigenvalue weighted by atomic mass is 10.3. The average molecular weight is 248 g/mol. The van der Waals surface area contributed by atoms with Crippen LogP contribution in [0.2, 0.25) is 0 Å². The number of ether oxygens (including phenoxy) is 1. The summed E-state index contributed by atoms with van der Waals surface area (Å²) in [5.74, 6) is 1.53. The fraction of sp³-hybridized carbons (Fsp3) is 0.778. The quantitative estimate of drug-likeness (QED) is 0.788. The first-order valence-electron chi connectivity index (χ1n) is 4.80. The number of methoxy groups -OCH3 is 1. The Morgan fingerprint density at radius 3 is 3.20 bits per heavy atom. The number of carbonyl (C=O) groups is 1. The highest BCUT2D eigenvalue weighted by molar-refractivity contribution is 8.39. The summed E-state index contributed by atoms with van der Waals surface area (Å²) in [5.41, 5.74) is 0. The zero-order valence-electron chi connectivity index (χ0n) is 8.99. The second kappa shape index (κ2) is 7.14. The van der Waals surface area contributed by atoms with Crippen molar-refractivity contribution >= 4 is 33.8 Å². The highest BCUT2D eigenvalue weighted by atomic mass is 32.2. The predicted molar refractivity (Wildman–Crippen MR) is 66.7 cm³/mol. The molecule has 0 saturated carbocycles. The molecule has 0 saturated heterocycles. The second-order valence-corrected chi connectivity index (χ2v) is 5.51. The van der Waals surface area contributed by atoms with Crippen molar-refractivity contribution in [3.8, 4) is 0 Å². The number of amides is 1. The Kier molecular flexibility index (Phi) is 6.12. The summed E-state index contributed by atoms with van der Waals surface area (Å²) < 4.78 is 5.97. The van der Waals surface area contributed by atoms with Gasteiger partial charge in [-0.3, -0.25) is 9.79 Å². The minimum absolute atomic E-state index is 0.0414. The first-order valence-corrected chi connectivity index (χ1v) is 6.78. The summed E-state index contributed by atoms with van der Waals surface area (Å²) >= 11 is 3.23. The third-order valence-electron chi connectivity index (χ3n) is 1.71. The minimum Gasteiger partial charge on any atom is -0.383 e. The fourth-order valence-corrected chi connectivity index (χ4v) is 2.96. The normalized spacial score (nSPS) is 17.3. The molecule has 0 radical (unpaired) electrons. The van der Waals surface area contributed by atoms with Crippen molar-refractivity contribution in [3.63, 3.8) is 0 Å². The van der Waals surface area contributed by atoms with Crippen LogP contribution in [0.5, 0.6) is 0 Å². The lowest BCUT2D eigenvalue weighted by Gasteiger charge is -2.12. The molecule has 4 nitrogen and oxygen atoms in total. The van der Waals surface area contributed by atoms with E-state index in [1.165, 1.54) is 11.8 Å². The highest BCUT2D eigenvalue weighted by Gasteiger charge is 2.11. The van der Waals surface area contributed by atoms with Gasteiger partial charge in [0.05, 0.1) is 18.9 Å². The summed E-state index contributed by atoms with van der Waals surface area (Å²) in [7, 11) is 1.63. The van der Waals surface area contributed by atoms with Crippen LogP contribution >= 0.6 is 23.5 Å². The van der Waals surface area contributed by atoms with Crippen molar-refractivity contribution in [2.24, 2.45) is 4.99 Å². The summed E-state index contributed by atoms with van der Waals surface area (Å²) in [5, 5.41) is 2.86. The van der Waals surface area contributed by atoms with Gasteiger partial charge in [-0.1, -0.05) is 23.5 Å². The molecule has 0 aromatic heterocycles. The number of hydrogen-bond acceptors (Lipinski definition) is 5. The van der Waals surface area contributed by atoms with E-state index in [4.69, 9.17) is 4.74 Å². The Labute approximate surface area is 98.6 Å². The summed E-state index contributed by atoms with van der Waals surface area (Å²) in [6, 6.07) is 0.0706. The van der Waals surface area contributed by atoms with E-state index >= 15 is 0 Å². The molecule has 1 aliphatic rings. The molecule has 1 aliphatic heterocycles. The number of carbonyl (C=O) groups excluding carboxylic acids is 1. The molecule has 1 rings (SSSR count). The van der Waals surface area contributed by atoms with Gasteiger partial charge in [-0.05, 0) is 6.92 Å². The molecule has 1 N–H and O–H groups in total. The molecule has 0 aliphatic carbocycles. The van der Waals surface area contributed by atoms with Gasteiger partial charge in [0.25, 0.3) is 0 Å². The van der Waals surface area contributed by atoms with Crippen LogP contribution in [0, 0.1) is 0 Å². The van der Waals surface area contributed by atoms with Crippen LogP contribution in [-0.2, 0) is 9.53 Å². The van der Waals surface area contributed by atoms with Crippen molar-refractivity contribution in [1.29, 1.82) is 0 Å². The number of aliphatic imine (C=N–C) groups is 1. The number of rotatable bonds is 5. The Morgan fingerprint density at radius 2 is 2.60 bits per heavy atom. The monoisotopic (exact) mass is 248 g/mol. The first-order chi connectivity index (χ1) is 7.22. The van der Waals surface area contributed by atoms with Gasteiger partial charge in [0.15, 0.2) is 0 Å².